The molecule has 0 amide bonds. The molecule has 1 aliphatic carbocycles. The van der Waals surface area contributed by atoms with Gasteiger partial charge in [-0.15, -0.1) is 0 Å². The summed E-state index contributed by atoms with van der Waals surface area (Å²) in [6.45, 7) is 5.16. The minimum Gasteiger partial charge on any atom is -0.306 e. The molecule has 1 saturated carbocycles. The lowest BCUT2D eigenvalue weighted by atomic mass is 9.94. The van der Waals surface area contributed by atoms with Gasteiger partial charge in [-0.1, -0.05) is 13.3 Å². The molecule has 0 bridgehead atoms. The molecule has 1 aliphatic heterocycles. The summed E-state index contributed by atoms with van der Waals surface area (Å²) in [7, 11) is 2.26. The Balaban J connectivity index is 2.05. The van der Waals surface area contributed by atoms with E-state index in [1.165, 1.54) is 25.9 Å². The van der Waals surface area contributed by atoms with E-state index in [1.54, 1.807) is 0 Å². The molecule has 0 spiro atoms. The first kappa shape index (κ1) is 6.66. The van der Waals surface area contributed by atoms with Crippen LogP contribution in [0.25, 0.3) is 0 Å². The van der Waals surface area contributed by atoms with Gasteiger partial charge in [-0.2, -0.15) is 0 Å². The number of rotatable bonds is 0. The van der Waals surface area contributed by atoms with Crippen molar-refractivity contribution < 1.29 is 0 Å². The maximum atomic E-state index is 2.49. The first-order chi connectivity index (χ1) is 4.77. The van der Waals surface area contributed by atoms with Crippen molar-refractivity contribution in [2.75, 3.05) is 20.1 Å². The monoisotopic (exact) mass is 139 g/mol. The summed E-state index contributed by atoms with van der Waals surface area (Å²) in [5.74, 6) is 3.11. The number of hydrogen-bond donors (Lipinski definition) is 0. The lowest BCUT2D eigenvalue weighted by Crippen LogP contribution is -2.16. The summed E-state index contributed by atoms with van der Waals surface area (Å²) >= 11 is 0. The van der Waals surface area contributed by atoms with E-state index >= 15 is 0 Å². The van der Waals surface area contributed by atoms with Crippen LogP contribution in [0.2, 0.25) is 0 Å². The summed E-state index contributed by atoms with van der Waals surface area (Å²) in [6, 6.07) is 0. The highest BCUT2D eigenvalue weighted by Gasteiger charge is 2.38. The van der Waals surface area contributed by atoms with Gasteiger partial charge >= 0.3 is 0 Å². The van der Waals surface area contributed by atoms with Gasteiger partial charge in [-0.3, -0.25) is 0 Å². The fourth-order valence-electron chi connectivity index (χ4n) is 2.76. The molecule has 1 nitrogen and oxygen atoms in total. The lowest BCUT2D eigenvalue weighted by Gasteiger charge is -2.12. The molecule has 2 fully saturated rings. The van der Waals surface area contributed by atoms with E-state index < -0.39 is 0 Å². The molecular formula is C9H17N. The van der Waals surface area contributed by atoms with Crippen LogP contribution in [0.1, 0.15) is 19.8 Å². The zero-order chi connectivity index (χ0) is 7.14. The minimum atomic E-state index is 1.01. The molecule has 0 aromatic rings. The quantitative estimate of drug-likeness (QED) is 0.492. The van der Waals surface area contributed by atoms with Crippen LogP contribution in [0.3, 0.4) is 0 Å². The van der Waals surface area contributed by atoms with Crippen molar-refractivity contribution in [1.29, 1.82) is 0 Å². The predicted octanol–water partition coefficient (Wildman–Crippen LogP) is 1.59. The van der Waals surface area contributed by atoms with E-state index in [9.17, 15) is 0 Å². The molecule has 0 aromatic heterocycles. The molecule has 2 unspecified atom stereocenters. The molecule has 10 heavy (non-hydrogen) atoms. The van der Waals surface area contributed by atoms with Crippen molar-refractivity contribution in [1.82, 2.24) is 4.90 Å². The Hall–Kier alpha value is -0.0400. The molecular weight excluding hydrogens is 122 g/mol. The fourth-order valence-corrected chi connectivity index (χ4v) is 2.76. The van der Waals surface area contributed by atoms with Gasteiger partial charge in [0.05, 0.1) is 0 Å². The largest absolute Gasteiger partial charge is 0.306 e. The van der Waals surface area contributed by atoms with E-state index in [1.807, 2.05) is 0 Å². The molecule has 0 aromatic carbocycles. The molecule has 58 valence electrons. The highest BCUT2D eigenvalue weighted by atomic mass is 15.1. The summed E-state index contributed by atoms with van der Waals surface area (Å²) in [4.78, 5) is 2.49. The zero-order valence-electron chi connectivity index (χ0n) is 7.01. The SMILES string of the molecule is C[C@@H]1CCC2CN(C)CC21. The van der Waals surface area contributed by atoms with E-state index in [0.29, 0.717) is 0 Å². The Morgan fingerprint density at radius 2 is 2.00 bits per heavy atom. The summed E-state index contributed by atoms with van der Waals surface area (Å²) < 4.78 is 0. The second kappa shape index (κ2) is 2.23. The fraction of sp³-hybridized carbons (Fsp3) is 1.00. The van der Waals surface area contributed by atoms with E-state index in [0.717, 1.165) is 17.8 Å². The third-order valence-corrected chi connectivity index (χ3v) is 3.40. The Labute approximate surface area is 63.4 Å². The second-order valence-corrected chi connectivity index (χ2v) is 4.20. The van der Waals surface area contributed by atoms with Crippen LogP contribution in [0.5, 0.6) is 0 Å². The van der Waals surface area contributed by atoms with Gasteiger partial charge in [-0.25, -0.2) is 0 Å². The van der Waals surface area contributed by atoms with E-state index in [2.05, 4.69) is 18.9 Å². The van der Waals surface area contributed by atoms with Crippen molar-refractivity contribution >= 4 is 0 Å². The smallest absolute Gasteiger partial charge is 0.00124 e. The Bertz CT molecular complexity index is 133. The highest BCUT2D eigenvalue weighted by molar-refractivity contribution is 4.90. The number of fused-ring (bicyclic) bond motifs is 1. The summed E-state index contributed by atoms with van der Waals surface area (Å²) in [5, 5.41) is 0. The van der Waals surface area contributed by atoms with Gasteiger partial charge in [0.2, 0.25) is 0 Å². The molecule has 3 atom stereocenters. The summed E-state index contributed by atoms with van der Waals surface area (Å²) in [5.41, 5.74) is 0. The van der Waals surface area contributed by atoms with Gasteiger partial charge in [0.25, 0.3) is 0 Å². The second-order valence-electron chi connectivity index (χ2n) is 4.20. The van der Waals surface area contributed by atoms with Crippen LogP contribution in [0.15, 0.2) is 0 Å². The first-order valence-corrected chi connectivity index (χ1v) is 4.46. The topological polar surface area (TPSA) is 3.24 Å². The minimum absolute atomic E-state index is 1.01. The van der Waals surface area contributed by atoms with Crippen LogP contribution in [-0.4, -0.2) is 25.0 Å². The van der Waals surface area contributed by atoms with Crippen molar-refractivity contribution in [2.24, 2.45) is 17.8 Å². The van der Waals surface area contributed by atoms with Crippen molar-refractivity contribution in [3.63, 3.8) is 0 Å². The van der Waals surface area contributed by atoms with Crippen LogP contribution in [0, 0.1) is 17.8 Å². The summed E-state index contributed by atoms with van der Waals surface area (Å²) in [6.07, 6.45) is 2.99. The molecule has 0 radical (unpaired) electrons. The first-order valence-electron chi connectivity index (χ1n) is 4.46. The third kappa shape index (κ3) is 0.878. The van der Waals surface area contributed by atoms with Gasteiger partial charge in [0.1, 0.15) is 0 Å². The number of hydrogen-bond acceptors (Lipinski definition) is 1. The molecule has 0 N–H and O–H groups in total. The predicted molar refractivity (Wildman–Crippen MR) is 42.9 cm³/mol. The lowest BCUT2D eigenvalue weighted by molar-refractivity contribution is 0.347. The standard InChI is InChI=1S/C9H17N/c1-7-3-4-8-5-10(2)6-9(7)8/h7-9H,3-6H2,1-2H3/t7-,8?,9?/m1/s1. The number of nitrogens with zero attached hydrogens (tertiary/aromatic N) is 1. The Morgan fingerprint density at radius 3 is 2.70 bits per heavy atom. The Morgan fingerprint density at radius 1 is 1.20 bits per heavy atom. The van der Waals surface area contributed by atoms with Crippen molar-refractivity contribution in [2.45, 2.75) is 19.8 Å². The maximum absolute atomic E-state index is 2.49. The molecule has 2 rings (SSSR count). The van der Waals surface area contributed by atoms with Crippen molar-refractivity contribution in [3.8, 4) is 0 Å². The third-order valence-electron chi connectivity index (χ3n) is 3.40. The van der Waals surface area contributed by atoms with Crippen LogP contribution < -0.4 is 0 Å². The molecule has 1 heterocycles. The van der Waals surface area contributed by atoms with Crippen LogP contribution in [0.4, 0.5) is 0 Å². The number of likely N-dealkylation sites (tertiary alicyclic amines) is 1. The molecule has 2 aliphatic rings. The van der Waals surface area contributed by atoms with Crippen LogP contribution in [-0.2, 0) is 0 Å². The molecule has 1 heteroatoms. The average molecular weight is 139 g/mol. The van der Waals surface area contributed by atoms with Gasteiger partial charge < -0.3 is 4.90 Å². The van der Waals surface area contributed by atoms with Crippen LogP contribution >= 0.6 is 0 Å². The van der Waals surface area contributed by atoms with Crippen molar-refractivity contribution in [3.05, 3.63) is 0 Å². The van der Waals surface area contributed by atoms with Gasteiger partial charge in [0.15, 0.2) is 0 Å². The van der Waals surface area contributed by atoms with Gasteiger partial charge in [-0.05, 0) is 31.2 Å². The Kier molecular flexibility index (Phi) is 1.48. The van der Waals surface area contributed by atoms with Gasteiger partial charge in [0, 0.05) is 13.1 Å². The molecule has 1 saturated heterocycles. The maximum Gasteiger partial charge on any atom is 0.00124 e. The normalized spacial score (nSPS) is 48.0. The average Bonchev–Trinajstić information content (AvgIpc) is 2.35. The van der Waals surface area contributed by atoms with E-state index in [4.69, 9.17) is 0 Å². The highest BCUT2D eigenvalue weighted by Crippen LogP contribution is 2.41. The zero-order valence-corrected chi connectivity index (χ0v) is 7.01. The van der Waals surface area contributed by atoms with E-state index in [-0.39, 0.29) is 0 Å².